The molecule has 3 aromatic rings. The molecule has 12 heteroatoms. The van der Waals surface area contributed by atoms with Crippen molar-refractivity contribution >= 4 is 22.8 Å². The first kappa shape index (κ1) is 20.2. The first-order valence-corrected chi connectivity index (χ1v) is 8.28. The van der Waals surface area contributed by atoms with Gasteiger partial charge in [0.2, 0.25) is 0 Å². The van der Waals surface area contributed by atoms with Gasteiger partial charge in [0.1, 0.15) is 18.1 Å². The maximum Gasteiger partial charge on any atom is 0.573 e. The van der Waals surface area contributed by atoms with Crippen molar-refractivity contribution in [1.29, 1.82) is 0 Å². The fourth-order valence-corrected chi connectivity index (χ4v) is 2.66. The Labute approximate surface area is 161 Å². The third-order valence-corrected chi connectivity index (χ3v) is 3.73. The molecular formula is C17H16F3N5O4. The molecule has 0 unspecified atom stereocenters. The number of nitrogens with two attached hydrogens (primary N) is 1. The number of aliphatic hydroxyl groups is 1. The predicted octanol–water partition coefficient (Wildman–Crippen LogP) is 2.32. The van der Waals surface area contributed by atoms with Gasteiger partial charge in [-0.25, -0.2) is 14.5 Å². The average Bonchev–Trinajstić information content (AvgIpc) is 3.03. The molecule has 2 aromatic heterocycles. The molecule has 0 saturated heterocycles. The summed E-state index contributed by atoms with van der Waals surface area (Å²) >= 11 is 0. The molecule has 154 valence electrons. The molecule has 0 fully saturated rings. The van der Waals surface area contributed by atoms with Crippen molar-refractivity contribution in [3.05, 3.63) is 42.2 Å². The molecular weight excluding hydrogens is 395 g/mol. The van der Waals surface area contributed by atoms with Crippen LogP contribution >= 0.6 is 0 Å². The van der Waals surface area contributed by atoms with Gasteiger partial charge in [-0.15, -0.1) is 13.2 Å². The van der Waals surface area contributed by atoms with Gasteiger partial charge < -0.3 is 25.6 Å². The highest BCUT2D eigenvalue weighted by Crippen LogP contribution is 2.29. The standard InChI is InChI=1S/C17H16F3N5O4/c18-17(19,20)29-11-3-1-10(2-4-11)25-15-14(13(24-25)9-28-16(21)27)12(5-6-23-15)22-7-8-26/h1-6,26H,7-9H2,(H2,21,27)(H,22,23). The molecule has 1 amide bonds. The Morgan fingerprint density at radius 1 is 1.24 bits per heavy atom. The molecule has 29 heavy (non-hydrogen) atoms. The normalized spacial score (nSPS) is 11.4. The number of nitrogens with zero attached hydrogens (tertiary/aromatic N) is 3. The van der Waals surface area contributed by atoms with Gasteiger partial charge in [-0.3, -0.25) is 0 Å². The summed E-state index contributed by atoms with van der Waals surface area (Å²) in [5, 5.41) is 16.9. The summed E-state index contributed by atoms with van der Waals surface area (Å²) in [4.78, 5) is 15.3. The van der Waals surface area contributed by atoms with Crippen LogP contribution in [0.2, 0.25) is 0 Å². The van der Waals surface area contributed by atoms with E-state index in [-0.39, 0.29) is 25.5 Å². The largest absolute Gasteiger partial charge is 0.573 e. The van der Waals surface area contributed by atoms with Crippen molar-refractivity contribution in [1.82, 2.24) is 14.8 Å². The Morgan fingerprint density at radius 2 is 1.97 bits per heavy atom. The van der Waals surface area contributed by atoms with Gasteiger partial charge in [0.05, 0.1) is 17.7 Å². The van der Waals surface area contributed by atoms with Crippen LogP contribution in [0.1, 0.15) is 5.69 Å². The number of aliphatic hydroxyl groups excluding tert-OH is 1. The van der Waals surface area contributed by atoms with Crippen molar-refractivity contribution in [3.8, 4) is 11.4 Å². The average molecular weight is 411 g/mol. The second-order valence-corrected chi connectivity index (χ2v) is 5.72. The minimum atomic E-state index is -4.80. The molecule has 9 nitrogen and oxygen atoms in total. The molecule has 0 aliphatic heterocycles. The van der Waals surface area contributed by atoms with E-state index in [2.05, 4.69) is 20.1 Å². The van der Waals surface area contributed by atoms with Crippen LogP contribution in [0.25, 0.3) is 16.7 Å². The molecule has 0 aliphatic rings. The summed E-state index contributed by atoms with van der Waals surface area (Å²) in [6.45, 7) is -0.108. The summed E-state index contributed by atoms with van der Waals surface area (Å²) in [7, 11) is 0. The smallest absolute Gasteiger partial charge is 0.443 e. The Morgan fingerprint density at radius 3 is 2.59 bits per heavy atom. The van der Waals surface area contributed by atoms with Crippen LogP contribution in [0.3, 0.4) is 0 Å². The van der Waals surface area contributed by atoms with Gasteiger partial charge in [-0.2, -0.15) is 5.10 Å². The van der Waals surface area contributed by atoms with Crippen molar-refractivity contribution in [2.45, 2.75) is 13.0 Å². The Hall–Kier alpha value is -3.54. The fraction of sp³-hybridized carbons (Fsp3) is 0.235. The van der Waals surface area contributed by atoms with Crippen molar-refractivity contribution in [2.24, 2.45) is 5.73 Å². The lowest BCUT2D eigenvalue weighted by atomic mass is 10.2. The summed E-state index contributed by atoms with van der Waals surface area (Å²) in [6, 6.07) is 6.69. The van der Waals surface area contributed by atoms with Gasteiger partial charge in [-0.1, -0.05) is 0 Å². The van der Waals surface area contributed by atoms with Crippen molar-refractivity contribution < 1.29 is 32.5 Å². The number of fused-ring (bicyclic) bond motifs is 1. The van der Waals surface area contributed by atoms with E-state index in [0.29, 0.717) is 28.1 Å². The molecule has 0 spiro atoms. The number of primary amides is 1. The minimum Gasteiger partial charge on any atom is -0.443 e. The van der Waals surface area contributed by atoms with E-state index in [1.807, 2.05) is 0 Å². The zero-order chi connectivity index (χ0) is 21.0. The van der Waals surface area contributed by atoms with Crippen molar-refractivity contribution in [3.63, 3.8) is 0 Å². The van der Waals surface area contributed by atoms with E-state index < -0.39 is 12.5 Å². The van der Waals surface area contributed by atoms with Crippen LogP contribution < -0.4 is 15.8 Å². The number of carbonyl (C=O) groups is 1. The number of anilines is 1. The Bertz CT molecular complexity index is 1000. The highest BCUT2D eigenvalue weighted by molar-refractivity contribution is 5.92. The number of pyridine rings is 1. The number of hydrogen-bond acceptors (Lipinski definition) is 7. The number of rotatable bonds is 7. The lowest BCUT2D eigenvalue weighted by Crippen LogP contribution is -2.17. The monoisotopic (exact) mass is 411 g/mol. The summed E-state index contributed by atoms with van der Waals surface area (Å²) in [6.07, 6.45) is -4.29. The lowest BCUT2D eigenvalue weighted by Gasteiger charge is -2.10. The summed E-state index contributed by atoms with van der Waals surface area (Å²) in [5.74, 6) is -0.381. The van der Waals surface area contributed by atoms with E-state index >= 15 is 0 Å². The van der Waals surface area contributed by atoms with Crippen LogP contribution in [0.15, 0.2) is 36.5 Å². The summed E-state index contributed by atoms with van der Waals surface area (Å²) in [5.41, 5.74) is 6.69. The SMILES string of the molecule is NC(=O)OCc1nn(-c2ccc(OC(F)(F)F)cc2)c2nccc(NCCO)c12. The molecule has 0 radical (unpaired) electrons. The second kappa shape index (κ2) is 8.22. The molecule has 2 heterocycles. The van der Waals surface area contributed by atoms with Gasteiger partial charge in [-0.05, 0) is 30.3 Å². The van der Waals surface area contributed by atoms with Gasteiger partial charge in [0, 0.05) is 18.4 Å². The second-order valence-electron chi connectivity index (χ2n) is 5.72. The first-order valence-electron chi connectivity index (χ1n) is 8.28. The molecule has 0 atom stereocenters. The van der Waals surface area contributed by atoms with Gasteiger partial charge >= 0.3 is 12.5 Å². The third-order valence-electron chi connectivity index (χ3n) is 3.73. The number of benzene rings is 1. The van der Waals surface area contributed by atoms with Crippen molar-refractivity contribution in [2.75, 3.05) is 18.5 Å². The molecule has 1 aromatic carbocycles. The lowest BCUT2D eigenvalue weighted by molar-refractivity contribution is -0.274. The number of amides is 1. The number of nitrogens with one attached hydrogen (secondary N) is 1. The predicted molar refractivity (Wildman–Crippen MR) is 95.5 cm³/mol. The quantitative estimate of drug-likeness (QED) is 0.545. The van der Waals surface area contributed by atoms with Crippen LogP contribution in [0.4, 0.5) is 23.7 Å². The first-order chi connectivity index (χ1) is 13.8. The van der Waals surface area contributed by atoms with Gasteiger partial charge in [0.15, 0.2) is 5.65 Å². The van der Waals surface area contributed by atoms with E-state index in [1.54, 1.807) is 6.07 Å². The fourth-order valence-electron chi connectivity index (χ4n) is 2.66. The Kier molecular flexibility index (Phi) is 5.73. The number of aromatic nitrogens is 3. The molecule has 0 aliphatic carbocycles. The zero-order valence-corrected chi connectivity index (χ0v) is 14.8. The van der Waals surface area contributed by atoms with E-state index in [4.69, 9.17) is 15.6 Å². The van der Waals surface area contributed by atoms with Crippen LogP contribution in [0.5, 0.6) is 5.75 Å². The van der Waals surface area contributed by atoms with Gasteiger partial charge in [0.25, 0.3) is 0 Å². The number of carbonyl (C=O) groups excluding carboxylic acids is 1. The zero-order valence-electron chi connectivity index (χ0n) is 14.8. The number of ether oxygens (including phenoxy) is 2. The van der Waals surface area contributed by atoms with Crippen LogP contribution in [0, 0.1) is 0 Å². The van der Waals surface area contributed by atoms with E-state index in [1.165, 1.54) is 23.0 Å². The molecule has 3 rings (SSSR count). The number of alkyl halides is 3. The van der Waals surface area contributed by atoms with Crippen LogP contribution in [-0.4, -0.2) is 45.5 Å². The number of halogens is 3. The van der Waals surface area contributed by atoms with E-state index in [9.17, 15) is 18.0 Å². The highest BCUT2D eigenvalue weighted by Gasteiger charge is 2.31. The Balaban J connectivity index is 2.04. The maximum atomic E-state index is 12.3. The minimum absolute atomic E-state index is 0.119. The third kappa shape index (κ3) is 4.85. The summed E-state index contributed by atoms with van der Waals surface area (Å²) < 4.78 is 47.1. The maximum absolute atomic E-state index is 12.3. The molecule has 4 N–H and O–H groups in total. The van der Waals surface area contributed by atoms with Crippen LogP contribution in [-0.2, 0) is 11.3 Å². The number of hydrogen-bond donors (Lipinski definition) is 3. The van der Waals surface area contributed by atoms with E-state index in [0.717, 1.165) is 12.1 Å². The molecule has 0 bridgehead atoms. The topological polar surface area (TPSA) is 125 Å². The highest BCUT2D eigenvalue weighted by atomic mass is 19.4. The molecule has 0 saturated carbocycles.